The average molecular weight is 214 g/mol. The highest BCUT2D eigenvalue weighted by atomic mass is 32.2. The van der Waals surface area contributed by atoms with Gasteiger partial charge in [0.1, 0.15) is 6.67 Å². The number of hydrogen-bond acceptors (Lipinski definition) is 3. The average Bonchev–Trinajstić information content (AvgIpc) is 1.80. The van der Waals surface area contributed by atoms with Gasteiger partial charge in [0.05, 0.1) is 0 Å². The van der Waals surface area contributed by atoms with Crippen molar-refractivity contribution in [2.45, 2.75) is 11.9 Å². The van der Waals surface area contributed by atoms with Crippen LogP contribution in [0.4, 0.5) is 22.0 Å². The Hall–Kier alpha value is -0.440. The fraction of sp³-hybridized carbons (Fsp3) is 1.00. The van der Waals surface area contributed by atoms with Crippen LogP contribution in [0.5, 0.6) is 0 Å². The normalized spacial score (nSPS) is 16.1. The largest absolute Gasteiger partial charge is 0.537 e. The number of halogens is 5. The van der Waals surface area contributed by atoms with Crippen molar-refractivity contribution >= 4 is 10.1 Å². The summed E-state index contributed by atoms with van der Waals surface area (Å²) in [6.07, 6.45) is -5.53. The molecule has 0 bridgehead atoms. The first-order valence-electron chi connectivity index (χ1n) is 2.40. The summed E-state index contributed by atoms with van der Waals surface area (Å²) in [5, 5.41) is 0. The minimum Gasteiger partial charge on any atom is -0.247 e. The van der Waals surface area contributed by atoms with E-state index in [9.17, 15) is 30.4 Å². The van der Waals surface area contributed by atoms with Crippen LogP contribution >= 0.6 is 0 Å². The molecule has 0 aliphatic rings. The first-order valence-corrected chi connectivity index (χ1v) is 3.87. The summed E-state index contributed by atoms with van der Waals surface area (Å²) < 4.78 is 79.0. The zero-order valence-corrected chi connectivity index (χ0v) is 6.12. The maximum absolute atomic E-state index is 11.9. The van der Waals surface area contributed by atoms with Crippen molar-refractivity contribution in [3.05, 3.63) is 0 Å². The van der Waals surface area contributed by atoms with Crippen molar-refractivity contribution in [3.63, 3.8) is 0 Å². The molecule has 0 fully saturated rings. The van der Waals surface area contributed by atoms with Crippen molar-refractivity contribution in [3.8, 4) is 0 Å². The standard InChI is InChI=1S/C3H3F5O3S/c4-1-2(5)12(9,10)11-3(6,7)8/h2H,1H2. The van der Waals surface area contributed by atoms with Crippen LogP contribution in [0.25, 0.3) is 0 Å². The molecule has 0 aliphatic carbocycles. The molecule has 3 nitrogen and oxygen atoms in total. The molecular weight excluding hydrogens is 211 g/mol. The molecule has 12 heavy (non-hydrogen) atoms. The van der Waals surface area contributed by atoms with Gasteiger partial charge in [-0.3, -0.25) is 0 Å². The van der Waals surface area contributed by atoms with E-state index < -0.39 is 28.7 Å². The third kappa shape index (κ3) is 3.81. The third-order valence-electron chi connectivity index (χ3n) is 0.645. The van der Waals surface area contributed by atoms with Gasteiger partial charge in [-0.05, 0) is 0 Å². The summed E-state index contributed by atoms with van der Waals surface area (Å²) >= 11 is 0. The summed E-state index contributed by atoms with van der Waals surface area (Å²) in [7, 11) is -5.53. The number of rotatable bonds is 3. The van der Waals surface area contributed by atoms with Crippen LogP contribution < -0.4 is 0 Å². The highest BCUT2D eigenvalue weighted by Gasteiger charge is 2.41. The highest BCUT2D eigenvalue weighted by molar-refractivity contribution is 7.87. The smallest absolute Gasteiger partial charge is 0.247 e. The molecule has 0 aromatic heterocycles. The van der Waals surface area contributed by atoms with Gasteiger partial charge in [0.2, 0.25) is 0 Å². The summed E-state index contributed by atoms with van der Waals surface area (Å²) in [5.41, 5.74) is -3.31. The fourth-order valence-corrected chi connectivity index (χ4v) is 0.783. The first kappa shape index (κ1) is 11.6. The zero-order valence-electron chi connectivity index (χ0n) is 5.31. The molecule has 0 aromatic rings. The Bertz CT molecular complexity index is 231. The molecule has 0 spiro atoms. The predicted molar refractivity (Wildman–Crippen MR) is 26.9 cm³/mol. The molecule has 9 heteroatoms. The minimum atomic E-state index is -5.53. The van der Waals surface area contributed by atoms with Crippen molar-refractivity contribution in [2.24, 2.45) is 0 Å². The van der Waals surface area contributed by atoms with Gasteiger partial charge in [-0.2, -0.15) is 12.6 Å². The molecule has 0 saturated carbocycles. The van der Waals surface area contributed by atoms with Crippen LogP contribution in [0.1, 0.15) is 0 Å². The Morgan fingerprint density at radius 2 is 1.75 bits per heavy atom. The lowest BCUT2D eigenvalue weighted by Gasteiger charge is -2.08. The van der Waals surface area contributed by atoms with E-state index in [1.165, 1.54) is 0 Å². The lowest BCUT2D eigenvalue weighted by molar-refractivity contribution is -0.272. The lowest BCUT2D eigenvalue weighted by atomic mass is 10.9. The molecule has 0 N–H and O–H groups in total. The quantitative estimate of drug-likeness (QED) is 0.522. The Kier molecular flexibility index (Phi) is 3.39. The Morgan fingerprint density at radius 1 is 1.33 bits per heavy atom. The van der Waals surface area contributed by atoms with Crippen LogP contribution in [-0.2, 0) is 14.3 Å². The molecule has 0 saturated heterocycles. The van der Waals surface area contributed by atoms with Crippen LogP contribution in [0.15, 0.2) is 0 Å². The second kappa shape index (κ2) is 3.52. The summed E-state index contributed by atoms with van der Waals surface area (Å²) in [4.78, 5) is 0. The summed E-state index contributed by atoms with van der Waals surface area (Å²) in [6.45, 7) is -2.08. The lowest BCUT2D eigenvalue weighted by Crippen LogP contribution is -2.27. The summed E-state index contributed by atoms with van der Waals surface area (Å²) in [6, 6.07) is 0. The van der Waals surface area contributed by atoms with E-state index in [2.05, 4.69) is 4.18 Å². The number of alkyl halides is 5. The predicted octanol–water partition coefficient (Wildman–Crippen LogP) is 1.12. The van der Waals surface area contributed by atoms with E-state index in [-0.39, 0.29) is 0 Å². The van der Waals surface area contributed by atoms with Gasteiger partial charge >= 0.3 is 16.5 Å². The topological polar surface area (TPSA) is 43.4 Å². The molecule has 0 aromatic carbocycles. The Labute approximate surface area is 64.2 Å². The van der Waals surface area contributed by atoms with Crippen molar-refractivity contribution in [1.29, 1.82) is 0 Å². The van der Waals surface area contributed by atoms with Crippen molar-refractivity contribution in [1.82, 2.24) is 0 Å². The van der Waals surface area contributed by atoms with E-state index in [1.54, 1.807) is 0 Å². The van der Waals surface area contributed by atoms with Gasteiger partial charge in [-0.15, -0.1) is 13.2 Å². The molecule has 1 atom stereocenters. The second-order valence-corrected chi connectivity index (χ2v) is 3.25. The molecule has 0 aliphatic heterocycles. The Morgan fingerprint density at radius 3 is 2.00 bits per heavy atom. The zero-order chi connectivity index (χ0) is 9.99. The SMILES string of the molecule is O=S(=O)(OC(F)(F)F)C(F)CF. The highest BCUT2D eigenvalue weighted by Crippen LogP contribution is 2.22. The molecule has 0 amide bonds. The van der Waals surface area contributed by atoms with Gasteiger partial charge in [-0.1, -0.05) is 0 Å². The molecule has 0 heterocycles. The van der Waals surface area contributed by atoms with Crippen molar-refractivity contribution < 1.29 is 34.6 Å². The molecule has 0 rings (SSSR count). The van der Waals surface area contributed by atoms with E-state index in [0.29, 0.717) is 0 Å². The number of hydrogen-bond donors (Lipinski definition) is 0. The monoisotopic (exact) mass is 214 g/mol. The van der Waals surface area contributed by atoms with Crippen LogP contribution in [-0.4, -0.2) is 27.0 Å². The van der Waals surface area contributed by atoms with Gasteiger partial charge in [-0.25, -0.2) is 8.78 Å². The van der Waals surface area contributed by atoms with Crippen molar-refractivity contribution in [2.75, 3.05) is 6.67 Å². The van der Waals surface area contributed by atoms with Gasteiger partial charge in [0, 0.05) is 0 Å². The van der Waals surface area contributed by atoms with Gasteiger partial charge in [0.15, 0.2) is 0 Å². The maximum atomic E-state index is 11.9. The molecule has 0 radical (unpaired) electrons. The van der Waals surface area contributed by atoms with Crippen LogP contribution in [0.2, 0.25) is 0 Å². The van der Waals surface area contributed by atoms with Crippen LogP contribution in [0.3, 0.4) is 0 Å². The van der Waals surface area contributed by atoms with E-state index >= 15 is 0 Å². The maximum Gasteiger partial charge on any atom is 0.537 e. The molecule has 1 unspecified atom stereocenters. The van der Waals surface area contributed by atoms with E-state index in [0.717, 1.165) is 0 Å². The van der Waals surface area contributed by atoms with Gasteiger partial charge in [0.25, 0.3) is 5.50 Å². The fourth-order valence-electron chi connectivity index (χ4n) is 0.261. The molecular formula is C3H3F5O3S. The van der Waals surface area contributed by atoms with E-state index in [4.69, 9.17) is 0 Å². The first-order chi connectivity index (χ1) is 5.19. The molecule has 74 valence electrons. The van der Waals surface area contributed by atoms with E-state index in [1.807, 2.05) is 0 Å². The van der Waals surface area contributed by atoms with Gasteiger partial charge < -0.3 is 0 Å². The Balaban J connectivity index is 4.45. The summed E-state index contributed by atoms with van der Waals surface area (Å²) in [5.74, 6) is 0. The third-order valence-corrected chi connectivity index (χ3v) is 1.82. The second-order valence-electron chi connectivity index (χ2n) is 1.59. The van der Waals surface area contributed by atoms with Crippen LogP contribution in [0, 0.1) is 0 Å². The minimum absolute atomic E-state index is 2.08.